The van der Waals surface area contributed by atoms with Crippen LogP contribution in [0.4, 0.5) is 0 Å². The van der Waals surface area contributed by atoms with Gasteiger partial charge >= 0.3 is 5.97 Å². The molecule has 3 aromatic rings. The second kappa shape index (κ2) is 10.5. The quantitative estimate of drug-likeness (QED) is 0.260. The van der Waals surface area contributed by atoms with E-state index in [4.69, 9.17) is 21.7 Å². The van der Waals surface area contributed by atoms with Gasteiger partial charge < -0.3 is 9.47 Å². The lowest BCUT2D eigenvalue weighted by atomic mass is 10.1. The number of amides is 1. The number of methoxy groups -OCH3 is 1. The minimum atomic E-state index is -0.927. The third-order valence-corrected chi connectivity index (χ3v) is 6.38. The highest BCUT2D eigenvalue weighted by Crippen LogP contribution is 2.38. The largest absolute Gasteiger partial charge is 0.489 e. The summed E-state index contributed by atoms with van der Waals surface area (Å²) in [6.07, 6.45) is 1.76. The zero-order chi connectivity index (χ0) is 23.2. The molecule has 4 rings (SSSR count). The first-order valence-electron chi connectivity index (χ1n) is 10.2. The van der Waals surface area contributed by atoms with E-state index in [1.807, 2.05) is 60.7 Å². The Morgan fingerprint density at radius 2 is 1.64 bits per heavy atom. The number of thiocarbonyl (C=S) groups is 1. The van der Waals surface area contributed by atoms with Crippen molar-refractivity contribution < 1.29 is 19.1 Å². The summed E-state index contributed by atoms with van der Waals surface area (Å²) in [5.74, 6) is -0.134. The Kier molecular flexibility index (Phi) is 7.22. The van der Waals surface area contributed by atoms with Crippen molar-refractivity contribution >= 4 is 46.3 Å². The Labute approximate surface area is 202 Å². The Bertz CT molecular complexity index is 1180. The van der Waals surface area contributed by atoms with Crippen molar-refractivity contribution in [2.24, 2.45) is 0 Å². The first-order chi connectivity index (χ1) is 16.1. The van der Waals surface area contributed by atoms with Crippen LogP contribution in [0.15, 0.2) is 89.8 Å². The fraction of sp³-hybridized carbons (Fsp3) is 0.115. The molecule has 0 aromatic heterocycles. The molecule has 0 N–H and O–H groups in total. The molecule has 0 spiro atoms. The van der Waals surface area contributed by atoms with E-state index in [1.54, 1.807) is 30.3 Å². The van der Waals surface area contributed by atoms with Gasteiger partial charge in [0.1, 0.15) is 16.7 Å². The number of esters is 1. The van der Waals surface area contributed by atoms with Gasteiger partial charge in [-0.1, -0.05) is 96.8 Å². The summed E-state index contributed by atoms with van der Waals surface area (Å²) >= 11 is 6.62. The molecule has 0 saturated carbocycles. The molecule has 1 atom stereocenters. The number of hydrogen-bond donors (Lipinski definition) is 0. The summed E-state index contributed by atoms with van der Waals surface area (Å²) in [5, 5.41) is 0. The minimum Gasteiger partial charge on any atom is -0.489 e. The molecule has 166 valence electrons. The summed E-state index contributed by atoms with van der Waals surface area (Å²) in [6, 6.07) is 25.5. The van der Waals surface area contributed by atoms with Gasteiger partial charge in [-0.15, -0.1) is 0 Å². The monoisotopic (exact) mass is 475 g/mol. The standard InChI is InChI=1S/C26H21NO4S2/c1-30-25(29)23(20-10-6-3-7-11-20)27-24(28)22(33-26(27)32)16-18-12-14-21(15-13-18)31-17-19-8-4-2-5-9-19/h2-16,23H,17H2,1H3/b22-16-. The van der Waals surface area contributed by atoms with E-state index in [0.29, 0.717) is 21.4 Å². The highest BCUT2D eigenvalue weighted by molar-refractivity contribution is 8.26. The normalized spacial score (nSPS) is 15.5. The molecule has 3 aromatic carbocycles. The highest BCUT2D eigenvalue weighted by atomic mass is 32.2. The van der Waals surface area contributed by atoms with Crippen LogP contribution in [0, 0.1) is 0 Å². The SMILES string of the molecule is COC(=O)C(c1ccccc1)N1C(=O)/C(=C/c2ccc(OCc3ccccc3)cc2)SC1=S. The maximum Gasteiger partial charge on any atom is 0.333 e. The van der Waals surface area contributed by atoms with Crippen molar-refractivity contribution in [1.29, 1.82) is 0 Å². The predicted molar refractivity (Wildman–Crippen MR) is 133 cm³/mol. The topological polar surface area (TPSA) is 55.8 Å². The van der Waals surface area contributed by atoms with Crippen LogP contribution in [0.2, 0.25) is 0 Å². The number of carbonyl (C=O) groups is 2. The number of carbonyl (C=O) groups excluding carboxylic acids is 2. The second-order valence-corrected chi connectivity index (χ2v) is 8.91. The summed E-state index contributed by atoms with van der Waals surface area (Å²) in [5.41, 5.74) is 2.56. The van der Waals surface area contributed by atoms with Gasteiger partial charge in [0, 0.05) is 0 Å². The number of benzene rings is 3. The van der Waals surface area contributed by atoms with Crippen molar-refractivity contribution in [3.05, 3.63) is 107 Å². The molecule has 1 aliphatic rings. The predicted octanol–water partition coefficient (Wildman–Crippen LogP) is 5.38. The molecule has 1 saturated heterocycles. The maximum atomic E-state index is 13.2. The lowest BCUT2D eigenvalue weighted by Gasteiger charge is -2.24. The van der Waals surface area contributed by atoms with E-state index in [-0.39, 0.29) is 5.91 Å². The van der Waals surface area contributed by atoms with Crippen LogP contribution in [0.3, 0.4) is 0 Å². The van der Waals surface area contributed by atoms with Gasteiger partial charge in [0.05, 0.1) is 12.0 Å². The molecule has 1 heterocycles. The van der Waals surface area contributed by atoms with Gasteiger partial charge in [-0.2, -0.15) is 0 Å². The van der Waals surface area contributed by atoms with Crippen molar-refractivity contribution in [2.45, 2.75) is 12.6 Å². The minimum absolute atomic E-state index is 0.313. The molecule has 1 fully saturated rings. The molecular formula is C26H21NO4S2. The van der Waals surface area contributed by atoms with Crippen LogP contribution < -0.4 is 4.74 Å². The maximum absolute atomic E-state index is 13.2. The van der Waals surface area contributed by atoms with Crippen molar-refractivity contribution in [2.75, 3.05) is 7.11 Å². The van der Waals surface area contributed by atoms with E-state index in [9.17, 15) is 9.59 Å². The van der Waals surface area contributed by atoms with Crippen LogP contribution in [-0.2, 0) is 20.9 Å². The molecule has 0 bridgehead atoms. The van der Waals surface area contributed by atoms with Crippen LogP contribution in [0.25, 0.3) is 6.08 Å². The molecule has 1 aliphatic heterocycles. The van der Waals surface area contributed by atoms with E-state index in [0.717, 1.165) is 16.9 Å². The number of hydrogen-bond acceptors (Lipinski definition) is 6. The number of ether oxygens (including phenoxy) is 2. The van der Waals surface area contributed by atoms with Crippen molar-refractivity contribution in [3.8, 4) is 5.75 Å². The molecule has 5 nitrogen and oxygen atoms in total. The average molecular weight is 476 g/mol. The van der Waals surface area contributed by atoms with Gasteiger partial charge in [-0.05, 0) is 34.9 Å². The molecular weight excluding hydrogens is 454 g/mol. The van der Waals surface area contributed by atoms with E-state index in [2.05, 4.69) is 0 Å². The Morgan fingerprint density at radius 3 is 2.27 bits per heavy atom. The smallest absolute Gasteiger partial charge is 0.333 e. The average Bonchev–Trinajstić information content (AvgIpc) is 3.12. The first kappa shape index (κ1) is 22.8. The summed E-state index contributed by atoms with van der Waals surface area (Å²) < 4.78 is 11.1. The Morgan fingerprint density at radius 1 is 1.00 bits per heavy atom. The van der Waals surface area contributed by atoms with Crippen LogP contribution >= 0.6 is 24.0 Å². The van der Waals surface area contributed by atoms with Crippen LogP contribution in [0.5, 0.6) is 5.75 Å². The summed E-state index contributed by atoms with van der Waals surface area (Å²) in [4.78, 5) is 27.5. The second-order valence-electron chi connectivity index (χ2n) is 7.23. The van der Waals surface area contributed by atoms with Crippen LogP contribution in [-0.4, -0.2) is 28.2 Å². The van der Waals surface area contributed by atoms with E-state index in [1.165, 1.54) is 23.8 Å². The van der Waals surface area contributed by atoms with Gasteiger partial charge in [0.2, 0.25) is 0 Å². The third-order valence-electron chi connectivity index (χ3n) is 5.05. The van der Waals surface area contributed by atoms with Gasteiger partial charge in [0.25, 0.3) is 5.91 Å². The Hall–Kier alpha value is -3.42. The lowest BCUT2D eigenvalue weighted by Crippen LogP contribution is -2.37. The zero-order valence-electron chi connectivity index (χ0n) is 17.8. The third kappa shape index (κ3) is 5.32. The lowest BCUT2D eigenvalue weighted by molar-refractivity contribution is -0.148. The zero-order valence-corrected chi connectivity index (χ0v) is 19.5. The van der Waals surface area contributed by atoms with Gasteiger partial charge in [-0.25, -0.2) is 4.79 Å². The molecule has 0 aliphatic carbocycles. The van der Waals surface area contributed by atoms with Crippen molar-refractivity contribution in [1.82, 2.24) is 4.90 Å². The van der Waals surface area contributed by atoms with E-state index >= 15 is 0 Å². The van der Waals surface area contributed by atoms with Crippen LogP contribution in [0.1, 0.15) is 22.7 Å². The number of rotatable bonds is 7. The fourth-order valence-corrected chi connectivity index (χ4v) is 4.71. The fourth-order valence-electron chi connectivity index (χ4n) is 3.39. The molecule has 33 heavy (non-hydrogen) atoms. The highest BCUT2D eigenvalue weighted by Gasteiger charge is 2.41. The molecule has 7 heteroatoms. The van der Waals surface area contributed by atoms with Gasteiger partial charge in [-0.3, -0.25) is 9.69 Å². The van der Waals surface area contributed by atoms with Gasteiger partial charge in [0.15, 0.2) is 6.04 Å². The van der Waals surface area contributed by atoms with Crippen molar-refractivity contribution in [3.63, 3.8) is 0 Å². The summed E-state index contributed by atoms with van der Waals surface area (Å²) in [7, 11) is 1.30. The summed E-state index contributed by atoms with van der Waals surface area (Å²) in [6.45, 7) is 0.479. The van der Waals surface area contributed by atoms with E-state index < -0.39 is 12.0 Å². The number of thioether (sulfide) groups is 1. The molecule has 0 radical (unpaired) electrons. The first-order valence-corrected chi connectivity index (χ1v) is 11.5. The number of nitrogens with zero attached hydrogens (tertiary/aromatic N) is 1. The molecule has 1 amide bonds. The molecule has 1 unspecified atom stereocenters. The Balaban J connectivity index is 1.50.